The number of aliphatic hydroxyl groups excluding tert-OH is 1. The molecular weight excluding hydrogens is 354 g/mol. The molecule has 2 atom stereocenters. The molecule has 0 saturated carbocycles. The van der Waals surface area contributed by atoms with Crippen LogP contribution in [-0.2, 0) is 11.3 Å². The zero-order chi connectivity index (χ0) is 19.0. The third-order valence-corrected chi connectivity index (χ3v) is 6.03. The summed E-state index contributed by atoms with van der Waals surface area (Å²) in [6.07, 6.45) is 0. The number of fused-ring (bicyclic) bond motifs is 1. The summed E-state index contributed by atoms with van der Waals surface area (Å²) in [6, 6.07) is 18.8. The minimum atomic E-state index is -0.186. The monoisotopic (exact) mass is 377 g/mol. The van der Waals surface area contributed by atoms with E-state index in [0.29, 0.717) is 25.7 Å². The van der Waals surface area contributed by atoms with Gasteiger partial charge in [0.15, 0.2) is 0 Å². The van der Waals surface area contributed by atoms with Crippen LogP contribution in [0, 0.1) is 11.3 Å². The molecular formula is C21H23N5O2. The molecule has 0 unspecified atom stereocenters. The first-order chi connectivity index (χ1) is 13.8. The van der Waals surface area contributed by atoms with Gasteiger partial charge in [-0.3, -0.25) is 0 Å². The van der Waals surface area contributed by atoms with Crippen molar-refractivity contribution in [2.45, 2.75) is 6.54 Å². The van der Waals surface area contributed by atoms with Gasteiger partial charge in [0.2, 0.25) is 5.95 Å². The summed E-state index contributed by atoms with van der Waals surface area (Å²) in [4.78, 5) is 2.18. The number of anilines is 1. The largest absolute Gasteiger partial charge is 0.396 e. The SMILES string of the molecule is OC[C@@]12COC[C@@H]1CN(c1nnnn1Cc1ccc(-c3ccccc3)cc1)C2. The molecule has 0 bridgehead atoms. The number of nitrogens with zero attached hydrogens (tertiary/aromatic N) is 5. The van der Waals surface area contributed by atoms with Gasteiger partial charge < -0.3 is 14.7 Å². The van der Waals surface area contributed by atoms with Gasteiger partial charge in [0.25, 0.3) is 0 Å². The Balaban J connectivity index is 1.33. The fraction of sp³-hybridized carbons (Fsp3) is 0.381. The number of aromatic nitrogens is 4. The lowest BCUT2D eigenvalue weighted by Crippen LogP contribution is -2.35. The molecule has 7 nitrogen and oxygen atoms in total. The van der Waals surface area contributed by atoms with Crippen LogP contribution in [0.5, 0.6) is 0 Å². The maximum Gasteiger partial charge on any atom is 0.245 e. The lowest BCUT2D eigenvalue weighted by atomic mass is 9.82. The number of hydrogen-bond acceptors (Lipinski definition) is 6. The number of benzene rings is 2. The smallest absolute Gasteiger partial charge is 0.245 e. The van der Waals surface area contributed by atoms with E-state index in [2.05, 4.69) is 56.8 Å². The molecule has 1 N–H and O–H groups in total. The van der Waals surface area contributed by atoms with E-state index in [1.54, 1.807) is 0 Å². The average Bonchev–Trinajstić information content (AvgIpc) is 3.43. The number of hydrogen-bond donors (Lipinski definition) is 1. The molecule has 2 aliphatic rings. The van der Waals surface area contributed by atoms with Crippen molar-refractivity contribution in [2.75, 3.05) is 37.8 Å². The normalized spacial score (nSPS) is 23.9. The fourth-order valence-corrected chi connectivity index (χ4v) is 4.34. The molecule has 3 heterocycles. The molecule has 2 fully saturated rings. The first-order valence-corrected chi connectivity index (χ1v) is 9.61. The fourth-order valence-electron chi connectivity index (χ4n) is 4.34. The molecule has 0 amide bonds. The number of tetrazole rings is 1. The van der Waals surface area contributed by atoms with Gasteiger partial charge in [0.05, 0.1) is 26.4 Å². The van der Waals surface area contributed by atoms with Crippen LogP contribution >= 0.6 is 0 Å². The zero-order valence-electron chi connectivity index (χ0n) is 15.6. The van der Waals surface area contributed by atoms with Gasteiger partial charge in [-0.2, -0.15) is 0 Å². The van der Waals surface area contributed by atoms with Crippen LogP contribution in [0.1, 0.15) is 5.56 Å². The molecule has 0 aliphatic carbocycles. The maximum absolute atomic E-state index is 9.90. The molecule has 28 heavy (non-hydrogen) atoms. The molecule has 144 valence electrons. The summed E-state index contributed by atoms with van der Waals surface area (Å²) < 4.78 is 7.44. The van der Waals surface area contributed by atoms with Crippen molar-refractivity contribution < 1.29 is 9.84 Å². The van der Waals surface area contributed by atoms with Crippen LogP contribution in [0.2, 0.25) is 0 Å². The Bertz CT molecular complexity index is 943. The Morgan fingerprint density at radius 3 is 2.61 bits per heavy atom. The lowest BCUT2D eigenvalue weighted by Gasteiger charge is -2.24. The van der Waals surface area contributed by atoms with E-state index in [1.165, 1.54) is 11.1 Å². The zero-order valence-corrected chi connectivity index (χ0v) is 15.6. The molecule has 3 aromatic rings. The van der Waals surface area contributed by atoms with Crippen LogP contribution < -0.4 is 4.90 Å². The summed E-state index contributed by atoms with van der Waals surface area (Å²) in [5.74, 6) is 1.09. The molecule has 2 aromatic carbocycles. The Morgan fingerprint density at radius 1 is 1.07 bits per heavy atom. The van der Waals surface area contributed by atoms with E-state index in [9.17, 15) is 5.11 Å². The van der Waals surface area contributed by atoms with Crippen molar-refractivity contribution >= 4 is 5.95 Å². The Kier molecular flexibility index (Phi) is 4.33. The molecule has 0 spiro atoms. The Morgan fingerprint density at radius 2 is 1.86 bits per heavy atom. The summed E-state index contributed by atoms with van der Waals surface area (Å²) in [5.41, 5.74) is 3.36. The van der Waals surface area contributed by atoms with Crippen molar-refractivity contribution in [1.82, 2.24) is 20.2 Å². The average molecular weight is 377 g/mol. The topological polar surface area (TPSA) is 76.3 Å². The van der Waals surface area contributed by atoms with E-state index in [0.717, 1.165) is 24.6 Å². The Labute approximate surface area is 163 Å². The number of ether oxygens (including phenoxy) is 1. The number of aliphatic hydroxyl groups is 1. The third-order valence-electron chi connectivity index (χ3n) is 6.03. The second kappa shape index (κ2) is 7.00. The summed E-state index contributed by atoms with van der Waals surface area (Å²) in [7, 11) is 0. The minimum Gasteiger partial charge on any atom is -0.396 e. The molecule has 5 rings (SSSR count). The molecule has 2 saturated heterocycles. The van der Waals surface area contributed by atoms with Crippen LogP contribution in [0.4, 0.5) is 5.95 Å². The predicted octanol–water partition coefficient (Wildman–Crippen LogP) is 1.83. The molecule has 1 aromatic heterocycles. The first kappa shape index (κ1) is 17.3. The van der Waals surface area contributed by atoms with Crippen LogP contribution in [-0.4, -0.2) is 58.2 Å². The highest BCUT2D eigenvalue weighted by atomic mass is 16.5. The van der Waals surface area contributed by atoms with Gasteiger partial charge in [0, 0.05) is 24.4 Å². The van der Waals surface area contributed by atoms with E-state index in [4.69, 9.17) is 4.74 Å². The van der Waals surface area contributed by atoms with Crippen LogP contribution in [0.3, 0.4) is 0 Å². The van der Waals surface area contributed by atoms with E-state index < -0.39 is 0 Å². The van der Waals surface area contributed by atoms with E-state index >= 15 is 0 Å². The van der Waals surface area contributed by atoms with Gasteiger partial charge in [-0.05, 0) is 27.1 Å². The van der Waals surface area contributed by atoms with E-state index in [-0.39, 0.29) is 12.0 Å². The summed E-state index contributed by atoms with van der Waals surface area (Å²) in [6.45, 7) is 3.58. The highest BCUT2D eigenvalue weighted by Crippen LogP contribution is 2.41. The van der Waals surface area contributed by atoms with Gasteiger partial charge in [-0.1, -0.05) is 59.7 Å². The summed E-state index contributed by atoms with van der Waals surface area (Å²) >= 11 is 0. The van der Waals surface area contributed by atoms with Crippen molar-refractivity contribution in [3.8, 4) is 11.1 Å². The van der Waals surface area contributed by atoms with Gasteiger partial charge in [0.1, 0.15) is 0 Å². The van der Waals surface area contributed by atoms with Gasteiger partial charge in [-0.25, -0.2) is 4.68 Å². The second-order valence-electron chi connectivity index (χ2n) is 7.81. The van der Waals surface area contributed by atoms with Crippen molar-refractivity contribution in [2.24, 2.45) is 11.3 Å². The molecule has 2 aliphatic heterocycles. The van der Waals surface area contributed by atoms with Crippen molar-refractivity contribution in [3.63, 3.8) is 0 Å². The first-order valence-electron chi connectivity index (χ1n) is 9.61. The van der Waals surface area contributed by atoms with Crippen LogP contribution in [0.15, 0.2) is 54.6 Å². The van der Waals surface area contributed by atoms with Crippen LogP contribution in [0.25, 0.3) is 11.1 Å². The standard InChI is InChI=1S/C21H23N5O2/c27-14-21-13-25(11-19(21)12-28-15-21)20-22-23-24-26(20)10-16-6-8-18(9-7-16)17-4-2-1-3-5-17/h1-9,19,27H,10-15H2/t19-,21-/m0/s1. The van der Waals surface area contributed by atoms with Gasteiger partial charge in [-0.15, -0.1) is 0 Å². The quantitative estimate of drug-likeness (QED) is 0.731. The van der Waals surface area contributed by atoms with Gasteiger partial charge >= 0.3 is 0 Å². The maximum atomic E-state index is 9.90. The highest BCUT2D eigenvalue weighted by Gasteiger charge is 2.51. The van der Waals surface area contributed by atoms with Crippen molar-refractivity contribution in [3.05, 3.63) is 60.2 Å². The minimum absolute atomic E-state index is 0.136. The number of rotatable bonds is 5. The molecule has 0 radical (unpaired) electrons. The summed E-state index contributed by atoms with van der Waals surface area (Å²) in [5, 5.41) is 22.3. The lowest BCUT2D eigenvalue weighted by molar-refractivity contribution is 0.0988. The third kappa shape index (κ3) is 2.96. The van der Waals surface area contributed by atoms with E-state index in [1.807, 2.05) is 22.9 Å². The predicted molar refractivity (Wildman–Crippen MR) is 105 cm³/mol. The molecule has 7 heteroatoms. The second-order valence-corrected chi connectivity index (χ2v) is 7.81. The Hall–Kier alpha value is -2.77. The highest BCUT2D eigenvalue weighted by molar-refractivity contribution is 5.63. The van der Waals surface area contributed by atoms with Crippen molar-refractivity contribution in [1.29, 1.82) is 0 Å².